The van der Waals surface area contributed by atoms with Gasteiger partial charge in [0.2, 0.25) is 0 Å². The molecule has 2 N–H and O–H groups in total. The van der Waals surface area contributed by atoms with E-state index >= 15 is 0 Å². The van der Waals surface area contributed by atoms with Gasteiger partial charge in [-0.3, -0.25) is 0 Å². The van der Waals surface area contributed by atoms with Crippen LogP contribution >= 0.6 is 0 Å². The van der Waals surface area contributed by atoms with Gasteiger partial charge in [0, 0.05) is 18.3 Å². The number of aromatic nitrogens is 2. The second-order valence-corrected chi connectivity index (χ2v) is 4.67. The third-order valence-corrected chi connectivity index (χ3v) is 3.17. The second kappa shape index (κ2) is 5.46. The molecule has 1 aromatic heterocycles. The third kappa shape index (κ3) is 2.83. The molecule has 0 spiro atoms. The van der Waals surface area contributed by atoms with Gasteiger partial charge in [-0.25, -0.2) is 13.5 Å². The second-order valence-electron chi connectivity index (χ2n) is 4.67. The molecule has 3 nitrogen and oxygen atoms in total. The fourth-order valence-corrected chi connectivity index (χ4v) is 2.13. The van der Waals surface area contributed by atoms with Crippen LogP contribution < -0.4 is 5.73 Å². The normalized spacial score (nSPS) is 10.8. The number of nitrogens with zero attached hydrogens (tertiary/aromatic N) is 2. The summed E-state index contributed by atoms with van der Waals surface area (Å²) in [6.07, 6.45) is 1.75. The molecule has 0 bridgehead atoms. The minimum atomic E-state index is -0.343. The van der Waals surface area contributed by atoms with Crippen LogP contribution in [0.2, 0.25) is 0 Å². The van der Waals surface area contributed by atoms with E-state index in [9.17, 15) is 8.78 Å². The molecular formula is C16H13F2N3. The van der Waals surface area contributed by atoms with Gasteiger partial charge in [-0.15, -0.1) is 0 Å². The Morgan fingerprint density at radius 2 is 1.71 bits per heavy atom. The lowest BCUT2D eigenvalue weighted by Crippen LogP contribution is -1.98. The van der Waals surface area contributed by atoms with Gasteiger partial charge >= 0.3 is 0 Å². The van der Waals surface area contributed by atoms with Crippen LogP contribution in [0.3, 0.4) is 0 Å². The summed E-state index contributed by atoms with van der Waals surface area (Å²) in [6, 6.07) is 12.4. The number of benzene rings is 2. The van der Waals surface area contributed by atoms with Gasteiger partial charge in [0.1, 0.15) is 11.6 Å². The van der Waals surface area contributed by atoms with Crippen molar-refractivity contribution in [1.29, 1.82) is 0 Å². The Morgan fingerprint density at radius 3 is 2.43 bits per heavy atom. The zero-order valence-corrected chi connectivity index (χ0v) is 11.1. The van der Waals surface area contributed by atoms with E-state index in [1.54, 1.807) is 35.1 Å². The average molecular weight is 285 g/mol. The summed E-state index contributed by atoms with van der Waals surface area (Å²) in [7, 11) is 0. The molecule has 0 aliphatic rings. The summed E-state index contributed by atoms with van der Waals surface area (Å²) in [6.45, 7) is 0.267. The Labute approximate surface area is 120 Å². The van der Waals surface area contributed by atoms with Gasteiger partial charge in [0.15, 0.2) is 0 Å². The largest absolute Gasteiger partial charge is 0.326 e. The maximum atomic E-state index is 13.5. The van der Waals surface area contributed by atoms with Crippen LogP contribution in [0.5, 0.6) is 0 Å². The van der Waals surface area contributed by atoms with E-state index in [1.807, 2.05) is 0 Å². The van der Waals surface area contributed by atoms with Crippen molar-refractivity contribution in [2.24, 2.45) is 5.73 Å². The summed E-state index contributed by atoms with van der Waals surface area (Å²) >= 11 is 0. The third-order valence-electron chi connectivity index (χ3n) is 3.17. The first-order valence-corrected chi connectivity index (χ1v) is 6.47. The molecule has 0 unspecified atom stereocenters. The molecule has 21 heavy (non-hydrogen) atoms. The number of halogens is 2. The highest BCUT2D eigenvalue weighted by molar-refractivity contribution is 5.60. The monoisotopic (exact) mass is 285 g/mol. The fourth-order valence-electron chi connectivity index (χ4n) is 2.13. The van der Waals surface area contributed by atoms with Crippen LogP contribution in [0.15, 0.2) is 54.7 Å². The Bertz CT molecular complexity index is 763. The minimum Gasteiger partial charge on any atom is -0.326 e. The van der Waals surface area contributed by atoms with Crippen LogP contribution in [0.1, 0.15) is 5.56 Å². The van der Waals surface area contributed by atoms with E-state index in [1.165, 1.54) is 24.3 Å². The molecule has 0 saturated heterocycles. The first-order valence-electron chi connectivity index (χ1n) is 6.47. The molecule has 0 saturated carbocycles. The van der Waals surface area contributed by atoms with Crippen molar-refractivity contribution in [3.05, 3.63) is 71.9 Å². The SMILES string of the molecule is NCc1cc(F)cc(-c2ccn(-c3ccc(F)cc3)n2)c1. The van der Waals surface area contributed by atoms with Gasteiger partial charge in [0.05, 0.1) is 11.4 Å². The molecule has 0 aliphatic heterocycles. The molecule has 2 aromatic carbocycles. The first-order chi connectivity index (χ1) is 10.2. The van der Waals surface area contributed by atoms with Gasteiger partial charge in [-0.05, 0) is 54.1 Å². The van der Waals surface area contributed by atoms with Gasteiger partial charge in [0.25, 0.3) is 0 Å². The highest BCUT2D eigenvalue weighted by Gasteiger charge is 2.07. The lowest BCUT2D eigenvalue weighted by molar-refractivity contribution is 0.625. The topological polar surface area (TPSA) is 43.8 Å². The standard InChI is InChI=1S/C16H13F2N3/c17-13-1-3-15(4-2-13)21-6-5-16(20-21)12-7-11(10-19)8-14(18)9-12/h1-9H,10,19H2. The predicted molar refractivity (Wildman–Crippen MR) is 76.8 cm³/mol. The maximum Gasteiger partial charge on any atom is 0.124 e. The summed E-state index contributed by atoms with van der Waals surface area (Å²) in [5.41, 5.74) is 8.29. The van der Waals surface area contributed by atoms with Crippen molar-refractivity contribution in [3.63, 3.8) is 0 Å². The number of hydrogen-bond acceptors (Lipinski definition) is 2. The van der Waals surface area contributed by atoms with Gasteiger partial charge in [-0.1, -0.05) is 0 Å². The number of nitrogens with two attached hydrogens (primary N) is 1. The Balaban J connectivity index is 1.98. The van der Waals surface area contributed by atoms with Crippen molar-refractivity contribution in [2.75, 3.05) is 0 Å². The van der Waals surface area contributed by atoms with Crippen LogP contribution in [0.25, 0.3) is 16.9 Å². The first kappa shape index (κ1) is 13.5. The molecular weight excluding hydrogens is 272 g/mol. The van der Waals surface area contributed by atoms with Crippen molar-refractivity contribution >= 4 is 0 Å². The lowest BCUT2D eigenvalue weighted by Gasteiger charge is -2.03. The summed E-state index contributed by atoms with van der Waals surface area (Å²) < 4.78 is 28.1. The summed E-state index contributed by atoms with van der Waals surface area (Å²) in [4.78, 5) is 0. The van der Waals surface area contributed by atoms with E-state index < -0.39 is 0 Å². The quantitative estimate of drug-likeness (QED) is 0.802. The number of hydrogen-bond donors (Lipinski definition) is 1. The minimum absolute atomic E-state index is 0.267. The average Bonchev–Trinajstić information content (AvgIpc) is 2.97. The van der Waals surface area contributed by atoms with Crippen LogP contribution in [0.4, 0.5) is 8.78 Å². The van der Waals surface area contributed by atoms with Crippen LogP contribution in [0, 0.1) is 11.6 Å². The molecule has 3 aromatic rings. The highest BCUT2D eigenvalue weighted by atomic mass is 19.1. The molecule has 1 heterocycles. The molecule has 0 radical (unpaired) electrons. The molecule has 5 heteroatoms. The van der Waals surface area contributed by atoms with E-state index in [-0.39, 0.29) is 18.2 Å². The van der Waals surface area contributed by atoms with Gasteiger partial charge < -0.3 is 5.73 Å². The molecule has 0 atom stereocenters. The molecule has 0 fully saturated rings. The van der Waals surface area contributed by atoms with Gasteiger partial charge in [-0.2, -0.15) is 5.10 Å². The Kier molecular flexibility index (Phi) is 3.50. The Hall–Kier alpha value is -2.53. The van der Waals surface area contributed by atoms with Crippen LogP contribution in [-0.4, -0.2) is 9.78 Å². The molecule has 0 aliphatic carbocycles. The summed E-state index contributed by atoms with van der Waals surface area (Å²) in [5.74, 6) is -0.645. The lowest BCUT2D eigenvalue weighted by atomic mass is 10.1. The van der Waals surface area contributed by atoms with Crippen molar-refractivity contribution in [1.82, 2.24) is 9.78 Å². The molecule has 0 amide bonds. The summed E-state index contributed by atoms with van der Waals surface area (Å²) in [5, 5.41) is 4.38. The smallest absolute Gasteiger partial charge is 0.124 e. The zero-order chi connectivity index (χ0) is 14.8. The Morgan fingerprint density at radius 1 is 0.952 bits per heavy atom. The number of rotatable bonds is 3. The highest BCUT2D eigenvalue weighted by Crippen LogP contribution is 2.21. The van der Waals surface area contributed by atoms with E-state index in [0.717, 1.165) is 5.69 Å². The van der Waals surface area contributed by atoms with E-state index in [2.05, 4.69) is 5.10 Å². The zero-order valence-electron chi connectivity index (χ0n) is 11.1. The maximum absolute atomic E-state index is 13.5. The predicted octanol–water partition coefficient (Wildman–Crippen LogP) is 3.28. The molecule has 3 rings (SSSR count). The molecule has 106 valence electrons. The van der Waals surface area contributed by atoms with Crippen molar-refractivity contribution < 1.29 is 8.78 Å². The fraction of sp³-hybridized carbons (Fsp3) is 0.0625. The van der Waals surface area contributed by atoms with Crippen molar-refractivity contribution in [2.45, 2.75) is 6.54 Å². The van der Waals surface area contributed by atoms with E-state index in [0.29, 0.717) is 16.8 Å². The van der Waals surface area contributed by atoms with Crippen LogP contribution in [-0.2, 0) is 6.54 Å². The van der Waals surface area contributed by atoms with Crippen molar-refractivity contribution in [3.8, 4) is 16.9 Å². The van der Waals surface area contributed by atoms with E-state index in [4.69, 9.17) is 5.73 Å².